The Morgan fingerprint density at radius 3 is 2.54 bits per heavy atom. The number of halogens is 1. The van der Waals surface area contributed by atoms with Gasteiger partial charge in [0.25, 0.3) is 0 Å². The molecule has 0 aliphatic rings. The first-order valence-corrected chi connectivity index (χ1v) is 7.37. The first kappa shape index (κ1) is 13.8. The van der Waals surface area contributed by atoms with Gasteiger partial charge < -0.3 is 5.32 Å². The topological polar surface area (TPSA) is 12.0 Å². The molecule has 0 rings (SSSR count). The molecule has 80 valence electrons. The SMILES string of the molecule is CCSCCCNC(CBr)C(C)C. The Balaban J connectivity index is 3.28. The summed E-state index contributed by atoms with van der Waals surface area (Å²) < 4.78 is 0. The molecule has 0 aliphatic heterocycles. The van der Waals surface area contributed by atoms with Gasteiger partial charge in [-0.15, -0.1) is 0 Å². The molecule has 0 saturated heterocycles. The molecule has 0 aromatic carbocycles. The minimum atomic E-state index is 0.631. The monoisotopic (exact) mass is 267 g/mol. The minimum absolute atomic E-state index is 0.631. The standard InChI is InChI=1S/C10H22BrNS/c1-4-13-7-5-6-12-10(8-11)9(2)3/h9-10,12H,4-8H2,1-3H3. The number of hydrogen-bond donors (Lipinski definition) is 1. The van der Waals surface area contributed by atoms with Gasteiger partial charge in [0.1, 0.15) is 0 Å². The first-order valence-electron chi connectivity index (χ1n) is 5.09. The predicted molar refractivity (Wildman–Crippen MR) is 68.0 cm³/mol. The predicted octanol–water partition coefficient (Wildman–Crippen LogP) is 3.14. The van der Waals surface area contributed by atoms with Crippen LogP contribution in [0.3, 0.4) is 0 Å². The molecule has 3 heteroatoms. The number of hydrogen-bond acceptors (Lipinski definition) is 2. The fraction of sp³-hybridized carbons (Fsp3) is 1.00. The molecule has 0 heterocycles. The Bertz CT molecular complexity index is 109. The maximum Gasteiger partial charge on any atom is 0.0188 e. The Morgan fingerprint density at radius 2 is 2.08 bits per heavy atom. The third-order valence-corrected chi connectivity index (χ3v) is 3.73. The zero-order valence-corrected chi connectivity index (χ0v) is 11.4. The van der Waals surface area contributed by atoms with E-state index in [1.54, 1.807) is 0 Å². The lowest BCUT2D eigenvalue weighted by molar-refractivity contribution is 0.436. The van der Waals surface area contributed by atoms with Crippen molar-refractivity contribution in [2.75, 3.05) is 23.4 Å². The van der Waals surface area contributed by atoms with Crippen LogP contribution in [0.5, 0.6) is 0 Å². The van der Waals surface area contributed by atoms with E-state index in [0.717, 1.165) is 17.8 Å². The summed E-state index contributed by atoms with van der Waals surface area (Å²) in [6.07, 6.45) is 1.29. The number of rotatable bonds is 8. The maximum absolute atomic E-state index is 3.57. The molecule has 1 atom stereocenters. The molecular weight excluding hydrogens is 246 g/mol. The fourth-order valence-corrected chi connectivity index (χ4v) is 2.69. The van der Waals surface area contributed by atoms with Gasteiger partial charge in [-0.25, -0.2) is 0 Å². The largest absolute Gasteiger partial charge is 0.313 e. The molecule has 0 fully saturated rings. The molecule has 0 amide bonds. The minimum Gasteiger partial charge on any atom is -0.313 e. The molecule has 0 aromatic heterocycles. The van der Waals surface area contributed by atoms with Crippen molar-refractivity contribution in [2.45, 2.75) is 33.2 Å². The van der Waals surface area contributed by atoms with Crippen LogP contribution in [0.15, 0.2) is 0 Å². The van der Waals surface area contributed by atoms with Crippen LogP contribution in [0.25, 0.3) is 0 Å². The van der Waals surface area contributed by atoms with E-state index in [9.17, 15) is 0 Å². The summed E-state index contributed by atoms with van der Waals surface area (Å²) in [5.74, 6) is 3.25. The van der Waals surface area contributed by atoms with Crippen LogP contribution >= 0.6 is 27.7 Å². The van der Waals surface area contributed by atoms with Crippen LogP contribution in [0.1, 0.15) is 27.2 Å². The summed E-state index contributed by atoms with van der Waals surface area (Å²) in [5.41, 5.74) is 0. The van der Waals surface area contributed by atoms with Gasteiger partial charge in [-0.3, -0.25) is 0 Å². The summed E-state index contributed by atoms with van der Waals surface area (Å²) in [5, 5.41) is 4.63. The molecule has 13 heavy (non-hydrogen) atoms. The van der Waals surface area contributed by atoms with Gasteiger partial charge in [0.2, 0.25) is 0 Å². The van der Waals surface area contributed by atoms with Crippen molar-refractivity contribution in [2.24, 2.45) is 5.92 Å². The zero-order chi connectivity index (χ0) is 10.1. The second-order valence-electron chi connectivity index (χ2n) is 3.51. The average molecular weight is 268 g/mol. The third kappa shape index (κ3) is 7.83. The molecule has 0 bridgehead atoms. The molecule has 0 aliphatic carbocycles. The van der Waals surface area contributed by atoms with Crippen LogP contribution in [0.2, 0.25) is 0 Å². The lowest BCUT2D eigenvalue weighted by atomic mass is 10.1. The van der Waals surface area contributed by atoms with E-state index < -0.39 is 0 Å². The number of thioether (sulfide) groups is 1. The van der Waals surface area contributed by atoms with Gasteiger partial charge >= 0.3 is 0 Å². The van der Waals surface area contributed by atoms with Crippen molar-refractivity contribution in [3.8, 4) is 0 Å². The average Bonchev–Trinajstić information content (AvgIpc) is 2.10. The lowest BCUT2D eigenvalue weighted by Crippen LogP contribution is -2.36. The van der Waals surface area contributed by atoms with Gasteiger partial charge in [-0.05, 0) is 30.4 Å². The van der Waals surface area contributed by atoms with Crippen molar-refractivity contribution >= 4 is 27.7 Å². The highest BCUT2D eigenvalue weighted by Crippen LogP contribution is 2.05. The van der Waals surface area contributed by atoms with Gasteiger partial charge in [-0.2, -0.15) is 11.8 Å². The van der Waals surface area contributed by atoms with Crippen LogP contribution in [-0.2, 0) is 0 Å². The van der Waals surface area contributed by atoms with E-state index in [1.165, 1.54) is 17.9 Å². The molecule has 1 nitrogen and oxygen atoms in total. The highest BCUT2D eigenvalue weighted by molar-refractivity contribution is 9.09. The van der Waals surface area contributed by atoms with Gasteiger partial charge in [0, 0.05) is 11.4 Å². The van der Waals surface area contributed by atoms with E-state index in [0.29, 0.717) is 6.04 Å². The van der Waals surface area contributed by atoms with Crippen molar-refractivity contribution < 1.29 is 0 Å². The maximum atomic E-state index is 3.57. The van der Waals surface area contributed by atoms with E-state index in [2.05, 4.69) is 42.0 Å². The molecule has 1 unspecified atom stereocenters. The molecule has 0 spiro atoms. The van der Waals surface area contributed by atoms with Crippen molar-refractivity contribution in [3.63, 3.8) is 0 Å². The second kappa shape index (κ2) is 9.35. The normalized spacial score (nSPS) is 13.6. The van der Waals surface area contributed by atoms with Crippen LogP contribution in [0.4, 0.5) is 0 Å². The van der Waals surface area contributed by atoms with E-state index in [4.69, 9.17) is 0 Å². The molecule has 0 saturated carbocycles. The summed E-state index contributed by atoms with van der Waals surface area (Å²) in [4.78, 5) is 0. The van der Waals surface area contributed by atoms with Gasteiger partial charge in [0.05, 0.1) is 0 Å². The molecule has 0 aromatic rings. The molecular formula is C10H22BrNS. The highest BCUT2D eigenvalue weighted by Gasteiger charge is 2.09. The van der Waals surface area contributed by atoms with Crippen molar-refractivity contribution in [1.29, 1.82) is 0 Å². The highest BCUT2D eigenvalue weighted by atomic mass is 79.9. The van der Waals surface area contributed by atoms with Crippen LogP contribution < -0.4 is 5.32 Å². The van der Waals surface area contributed by atoms with Crippen molar-refractivity contribution in [1.82, 2.24) is 5.32 Å². The van der Waals surface area contributed by atoms with Crippen molar-refractivity contribution in [3.05, 3.63) is 0 Å². The van der Waals surface area contributed by atoms with E-state index in [-0.39, 0.29) is 0 Å². The van der Waals surface area contributed by atoms with Crippen LogP contribution in [0, 0.1) is 5.92 Å². The zero-order valence-electron chi connectivity index (χ0n) is 8.98. The molecule has 1 N–H and O–H groups in total. The van der Waals surface area contributed by atoms with Gasteiger partial charge in [-0.1, -0.05) is 36.7 Å². The van der Waals surface area contributed by atoms with E-state index in [1.807, 2.05) is 11.8 Å². The Morgan fingerprint density at radius 1 is 1.38 bits per heavy atom. The lowest BCUT2D eigenvalue weighted by Gasteiger charge is -2.19. The Hall–Kier alpha value is 0.790. The smallest absolute Gasteiger partial charge is 0.0188 e. The summed E-state index contributed by atoms with van der Waals surface area (Å²) >= 11 is 5.56. The van der Waals surface area contributed by atoms with Gasteiger partial charge in [0.15, 0.2) is 0 Å². The number of nitrogens with one attached hydrogen (secondary N) is 1. The Labute approximate surface area is 95.6 Å². The summed E-state index contributed by atoms with van der Waals surface area (Å²) in [7, 11) is 0. The summed E-state index contributed by atoms with van der Waals surface area (Å²) in [6.45, 7) is 7.90. The van der Waals surface area contributed by atoms with E-state index >= 15 is 0 Å². The third-order valence-electron chi connectivity index (χ3n) is 2.05. The number of alkyl halides is 1. The Kier molecular flexibility index (Phi) is 9.92. The van der Waals surface area contributed by atoms with Crippen LogP contribution in [-0.4, -0.2) is 29.4 Å². The first-order chi connectivity index (χ1) is 6.22. The fourth-order valence-electron chi connectivity index (χ4n) is 1.07. The second-order valence-corrected chi connectivity index (χ2v) is 5.55. The quantitative estimate of drug-likeness (QED) is 0.536. The summed E-state index contributed by atoms with van der Waals surface area (Å²) in [6, 6.07) is 0.631. The molecule has 0 radical (unpaired) electrons.